The van der Waals surface area contributed by atoms with E-state index >= 15 is 0 Å². The predicted molar refractivity (Wildman–Crippen MR) is 85.6 cm³/mol. The number of amides is 1. The average molecular weight is 384 g/mol. The Hall–Kier alpha value is -1.94. The van der Waals surface area contributed by atoms with Crippen LogP contribution in [0.2, 0.25) is 0 Å². The predicted octanol–water partition coefficient (Wildman–Crippen LogP) is 5.61. The van der Waals surface area contributed by atoms with Crippen molar-refractivity contribution in [3.63, 3.8) is 0 Å². The summed E-state index contributed by atoms with van der Waals surface area (Å²) < 4.78 is 63.4. The van der Waals surface area contributed by atoms with Gasteiger partial charge in [0.2, 0.25) is 5.91 Å². The zero-order chi connectivity index (χ0) is 18.2. The lowest BCUT2D eigenvalue weighted by molar-refractivity contribution is -0.125. The van der Waals surface area contributed by atoms with Crippen molar-refractivity contribution in [1.29, 1.82) is 0 Å². The van der Waals surface area contributed by atoms with E-state index in [-0.39, 0.29) is 18.0 Å². The Morgan fingerprint density at radius 2 is 1.83 bits per heavy atom. The first kappa shape index (κ1) is 18.4. The highest BCUT2D eigenvalue weighted by atomic mass is 32.5. The van der Waals surface area contributed by atoms with E-state index in [2.05, 4.69) is 11.6 Å². The minimum Gasteiger partial charge on any atom is -0.336 e. The third-order valence-corrected chi connectivity index (χ3v) is 5.15. The van der Waals surface area contributed by atoms with Gasteiger partial charge in [-0.2, -0.15) is 0 Å². The van der Waals surface area contributed by atoms with Crippen molar-refractivity contribution in [1.82, 2.24) is 9.88 Å². The van der Waals surface area contributed by atoms with Crippen LogP contribution in [-0.4, -0.2) is 22.8 Å². The summed E-state index contributed by atoms with van der Waals surface area (Å²) in [5.41, 5.74) is 0.819. The second kappa shape index (κ2) is 5.28. The van der Waals surface area contributed by atoms with Crippen molar-refractivity contribution in [2.24, 2.45) is 0 Å². The van der Waals surface area contributed by atoms with Gasteiger partial charge < -0.3 is 4.90 Å². The molecule has 132 valence electrons. The van der Waals surface area contributed by atoms with Gasteiger partial charge in [-0.1, -0.05) is 38.1 Å². The largest absolute Gasteiger partial charge is 0.336 e. The van der Waals surface area contributed by atoms with Crippen LogP contribution in [0.25, 0.3) is 10.6 Å². The highest BCUT2D eigenvalue weighted by Crippen LogP contribution is 3.02. The normalized spacial score (nSPS) is 14.6. The number of halogens is 5. The number of thiazole rings is 1. The van der Waals surface area contributed by atoms with Crippen LogP contribution in [-0.2, 0) is 11.3 Å². The summed E-state index contributed by atoms with van der Waals surface area (Å²) in [4.78, 5) is 15.0. The molecule has 0 aliphatic rings. The molecule has 0 aliphatic carbocycles. The van der Waals surface area contributed by atoms with Crippen molar-refractivity contribution in [3.05, 3.63) is 48.0 Å². The molecule has 0 saturated carbocycles. The Bertz CT molecular complexity index is 784. The summed E-state index contributed by atoms with van der Waals surface area (Å²) in [6, 6.07) is 2.61. The molecule has 1 heterocycles. The van der Waals surface area contributed by atoms with Crippen molar-refractivity contribution in [2.75, 3.05) is 7.05 Å². The lowest BCUT2D eigenvalue weighted by Crippen LogP contribution is -2.23. The van der Waals surface area contributed by atoms with Crippen molar-refractivity contribution >= 4 is 27.5 Å². The van der Waals surface area contributed by atoms with E-state index in [0.29, 0.717) is 22.8 Å². The van der Waals surface area contributed by atoms with Crippen molar-refractivity contribution in [2.45, 2.75) is 11.4 Å². The molecule has 24 heavy (non-hydrogen) atoms. The lowest BCUT2D eigenvalue weighted by Gasteiger charge is -2.40. The zero-order valence-corrected chi connectivity index (χ0v) is 14.0. The standard InChI is InChI=1S/C14H13F5N2OS2/c1-3-13(22)21(2)8-11-9-23-14(20-11)10-4-6-12(7-5-10)24(15,16,17,18)19/h3-7,9H,1,8H2,2H3. The Morgan fingerprint density at radius 3 is 2.33 bits per heavy atom. The molecule has 0 unspecified atom stereocenters. The fourth-order valence-electron chi connectivity index (χ4n) is 1.84. The summed E-state index contributed by atoms with van der Waals surface area (Å²) in [6.45, 7) is 3.56. The molecule has 1 aromatic carbocycles. The number of hydrogen-bond donors (Lipinski definition) is 0. The summed E-state index contributed by atoms with van der Waals surface area (Å²) in [5.74, 6) is -0.301. The van der Waals surface area contributed by atoms with E-state index in [1.165, 1.54) is 4.90 Å². The van der Waals surface area contributed by atoms with E-state index < -0.39 is 15.1 Å². The van der Waals surface area contributed by atoms with Crippen LogP contribution in [0.1, 0.15) is 5.69 Å². The SMILES string of the molecule is C=CC(=O)N(C)Cc1csc(-c2ccc(S(F)(F)(F)(F)F)cc2)n1. The van der Waals surface area contributed by atoms with Gasteiger partial charge in [0.1, 0.15) is 9.90 Å². The molecule has 0 N–H and O–H groups in total. The maximum atomic E-state index is 12.7. The Labute approximate surface area is 139 Å². The van der Waals surface area contributed by atoms with E-state index in [0.717, 1.165) is 29.5 Å². The van der Waals surface area contributed by atoms with Crippen LogP contribution in [0.3, 0.4) is 0 Å². The van der Waals surface area contributed by atoms with Crippen LogP contribution in [0, 0.1) is 0 Å². The van der Waals surface area contributed by atoms with Crippen LogP contribution in [0.15, 0.2) is 47.2 Å². The fourth-order valence-corrected chi connectivity index (χ4v) is 3.31. The Balaban J connectivity index is 2.23. The van der Waals surface area contributed by atoms with Gasteiger partial charge >= 0.3 is 10.2 Å². The summed E-state index contributed by atoms with van der Waals surface area (Å²) in [5, 5.41) is 2.01. The lowest BCUT2D eigenvalue weighted by atomic mass is 10.2. The molecule has 1 amide bonds. The third kappa shape index (κ3) is 4.32. The number of carbonyl (C=O) groups excluding carboxylic acids is 1. The second-order valence-electron chi connectivity index (χ2n) is 5.04. The van der Waals surface area contributed by atoms with Gasteiger partial charge in [0.05, 0.1) is 12.2 Å². The molecule has 0 aliphatic heterocycles. The molecule has 0 saturated heterocycles. The summed E-state index contributed by atoms with van der Waals surface area (Å²) in [6.07, 6.45) is 1.14. The number of rotatable bonds is 5. The number of hydrogen-bond acceptors (Lipinski definition) is 3. The molecule has 0 atom stereocenters. The molecular formula is C14H13F5N2OS2. The molecule has 3 nitrogen and oxygen atoms in total. The molecule has 0 bridgehead atoms. The Morgan fingerprint density at radius 1 is 1.25 bits per heavy atom. The van der Waals surface area contributed by atoms with E-state index in [4.69, 9.17) is 0 Å². The van der Waals surface area contributed by atoms with E-state index in [1.54, 1.807) is 12.4 Å². The highest BCUT2D eigenvalue weighted by molar-refractivity contribution is 8.45. The first-order chi connectivity index (χ1) is 10.8. The van der Waals surface area contributed by atoms with E-state index in [1.807, 2.05) is 0 Å². The molecule has 0 fully saturated rings. The molecule has 2 rings (SSSR count). The molecule has 1 aromatic heterocycles. The Kier molecular flexibility index (Phi) is 4.05. The highest BCUT2D eigenvalue weighted by Gasteiger charge is 2.65. The number of benzene rings is 1. The molecule has 0 radical (unpaired) electrons. The number of nitrogens with zero attached hydrogens (tertiary/aromatic N) is 2. The smallest absolute Gasteiger partial charge is 0.310 e. The molecule has 0 spiro atoms. The van der Waals surface area contributed by atoms with Crippen LogP contribution >= 0.6 is 21.6 Å². The number of aromatic nitrogens is 1. The summed E-state index contributed by atoms with van der Waals surface area (Å²) >= 11 is 1.14. The fraction of sp³-hybridized carbons (Fsp3) is 0.143. The first-order valence-corrected chi connectivity index (χ1v) is 9.30. The monoisotopic (exact) mass is 384 g/mol. The summed E-state index contributed by atoms with van der Waals surface area (Å²) in [7, 11) is -8.12. The van der Waals surface area contributed by atoms with E-state index in [9.17, 15) is 24.2 Å². The zero-order valence-electron chi connectivity index (χ0n) is 12.4. The second-order valence-corrected chi connectivity index (χ2v) is 8.30. The van der Waals surface area contributed by atoms with Gasteiger partial charge in [-0.15, -0.1) is 11.3 Å². The van der Waals surface area contributed by atoms with Crippen LogP contribution in [0.5, 0.6) is 0 Å². The third-order valence-electron chi connectivity index (χ3n) is 3.05. The minimum atomic E-state index is -9.67. The minimum absolute atomic E-state index is 0.199. The van der Waals surface area contributed by atoms with Gasteiger partial charge in [-0.25, -0.2) is 4.98 Å². The van der Waals surface area contributed by atoms with Gasteiger partial charge in [-0.05, 0) is 18.2 Å². The van der Waals surface area contributed by atoms with Gasteiger partial charge in [-0.3, -0.25) is 4.79 Å². The van der Waals surface area contributed by atoms with Gasteiger partial charge in [0, 0.05) is 18.0 Å². The van der Waals surface area contributed by atoms with Gasteiger partial charge in [0.15, 0.2) is 0 Å². The maximum Gasteiger partial charge on any atom is 0.310 e. The topological polar surface area (TPSA) is 33.2 Å². The first-order valence-electron chi connectivity index (χ1n) is 6.46. The quantitative estimate of drug-likeness (QED) is 0.496. The maximum absolute atomic E-state index is 12.7. The van der Waals surface area contributed by atoms with Crippen molar-refractivity contribution < 1.29 is 24.2 Å². The average Bonchev–Trinajstić information content (AvgIpc) is 2.92. The van der Waals surface area contributed by atoms with Crippen molar-refractivity contribution in [3.8, 4) is 10.6 Å². The van der Waals surface area contributed by atoms with Crippen LogP contribution in [0.4, 0.5) is 19.4 Å². The van der Waals surface area contributed by atoms with Gasteiger partial charge in [0.25, 0.3) is 0 Å². The molecule has 2 aromatic rings. The number of likely N-dealkylation sites (N-methyl/N-ethyl adjacent to an activating group) is 1. The molecular weight excluding hydrogens is 371 g/mol. The van der Waals surface area contributed by atoms with Crippen LogP contribution < -0.4 is 0 Å². The number of carbonyl (C=O) groups is 1. The molecule has 10 heteroatoms.